The molecule has 0 atom stereocenters. The van der Waals surface area contributed by atoms with Crippen LogP contribution in [0.5, 0.6) is 0 Å². The second-order valence-corrected chi connectivity index (χ2v) is 5.64. The van der Waals surface area contributed by atoms with Crippen molar-refractivity contribution >= 4 is 51.5 Å². The Morgan fingerprint density at radius 3 is 2.65 bits per heavy atom. The van der Waals surface area contributed by atoms with E-state index in [2.05, 4.69) is 43.2 Å². The molecule has 0 saturated carbocycles. The van der Waals surface area contributed by atoms with Crippen molar-refractivity contribution in [1.29, 1.82) is 0 Å². The van der Waals surface area contributed by atoms with Gasteiger partial charge in [-0.2, -0.15) is 0 Å². The van der Waals surface area contributed by atoms with Crippen molar-refractivity contribution in [3.63, 3.8) is 0 Å². The number of aromatic nitrogens is 2. The molecule has 1 heterocycles. The minimum atomic E-state index is 0.352. The second kappa shape index (κ2) is 7.05. The highest BCUT2D eigenvalue weighted by molar-refractivity contribution is 14.1. The number of anilines is 3. The number of benzene rings is 1. The first kappa shape index (κ1) is 15.3. The van der Waals surface area contributed by atoms with Crippen molar-refractivity contribution in [2.75, 3.05) is 24.8 Å². The van der Waals surface area contributed by atoms with E-state index in [0.29, 0.717) is 23.3 Å². The summed E-state index contributed by atoms with van der Waals surface area (Å²) in [5, 5.41) is 6.83. The van der Waals surface area contributed by atoms with Crippen molar-refractivity contribution in [3.8, 4) is 0 Å². The Bertz CT molecular complexity index is 609. The Labute approximate surface area is 136 Å². The number of hydrogen-bond donors (Lipinski definition) is 2. The standard InChI is InChI=1S/C13H14ClIN4O/c1-16-11-6-12(19-13(18-11)7-20-2)17-10-4-3-8(15)5-9(10)14/h3-6H,7H2,1-2H3,(H2,16,17,18,19). The fourth-order valence-corrected chi connectivity index (χ4v) is 2.51. The molecule has 7 heteroatoms. The normalized spacial score (nSPS) is 10.4. The third-order valence-corrected chi connectivity index (χ3v) is 3.48. The molecule has 0 radical (unpaired) electrons. The molecule has 106 valence electrons. The van der Waals surface area contributed by atoms with Crippen LogP contribution in [0.1, 0.15) is 5.82 Å². The summed E-state index contributed by atoms with van der Waals surface area (Å²) < 4.78 is 6.14. The molecule has 1 aromatic heterocycles. The van der Waals surface area contributed by atoms with E-state index >= 15 is 0 Å². The van der Waals surface area contributed by atoms with Gasteiger partial charge in [0.2, 0.25) is 0 Å². The zero-order valence-electron chi connectivity index (χ0n) is 11.1. The number of hydrogen-bond acceptors (Lipinski definition) is 5. The molecule has 0 aliphatic carbocycles. The zero-order chi connectivity index (χ0) is 14.5. The average molecular weight is 405 g/mol. The first-order chi connectivity index (χ1) is 9.62. The smallest absolute Gasteiger partial charge is 0.158 e. The van der Waals surface area contributed by atoms with Crippen LogP contribution in [0.25, 0.3) is 0 Å². The lowest BCUT2D eigenvalue weighted by atomic mass is 10.3. The molecule has 0 aliphatic rings. The zero-order valence-corrected chi connectivity index (χ0v) is 14.0. The Kier molecular flexibility index (Phi) is 5.38. The van der Waals surface area contributed by atoms with Gasteiger partial charge < -0.3 is 15.4 Å². The fraction of sp³-hybridized carbons (Fsp3) is 0.231. The SMILES string of the molecule is CNc1cc(Nc2ccc(I)cc2Cl)nc(COC)n1. The van der Waals surface area contributed by atoms with Gasteiger partial charge in [-0.1, -0.05) is 11.6 Å². The highest BCUT2D eigenvalue weighted by atomic mass is 127. The summed E-state index contributed by atoms with van der Waals surface area (Å²) in [6.45, 7) is 0.352. The number of nitrogens with one attached hydrogen (secondary N) is 2. The first-order valence-corrected chi connectivity index (χ1v) is 7.34. The first-order valence-electron chi connectivity index (χ1n) is 5.89. The van der Waals surface area contributed by atoms with Crippen molar-refractivity contribution in [2.24, 2.45) is 0 Å². The summed E-state index contributed by atoms with van der Waals surface area (Å²) in [6.07, 6.45) is 0. The second-order valence-electron chi connectivity index (χ2n) is 3.99. The van der Waals surface area contributed by atoms with Gasteiger partial charge in [0.15, 0.2) is 5.82 Å². The molecule has 2 rings (SSSR count). The van der Waals surface area contributed by atoms with Crippen molar-refractivity contribution in [1.82, 2.24) is 9.97 Å². The molecule has 0 aliphatic heterocycles. The number of rotatable bonds is 5. The highest BCUT2D eigenvalue weighted by Crippen LogP contribution is 2.27. The summed E-state index contributed by atoms with van der Waals surface area (Å²) in [6, 6.07) is 7.60. The number of methoxy groups -OCH3 is 1. The van der Waals surface area contributed by atoms with Gasteiger partial charge >= 0.3 is 0 Å². The van der Waals surface area contributed by atoms with Gasteiger partial charge in [0.25, 0.3) is 0 Å². The molecular weight excluding hydrogens is 391 g/mol. The predicted molar refractivity (Wildman–Crippen MR) is 89.7 cm³/mol. The van der Waals surface area contributed by atoms with Crippen LogP contribution in [0.3, 0.4) is 0 Å². The molecule has 0 unspecified atom stereocenters. The van der Waals surface area contributed by atoms with Crippen LogP contribution < -0.4 is 10.6 Å². The summed E-state index contributed by atoms with van der Waals surface area (Å²) in [7, 11) is 3.42. The molecule has 0 fully saturated rings. The van der Waals surface area contributed by atoms with E-state index in [0.717, 1.165) is 15.1 Å². The van der Waals surface area contributed by atoms with Crippen LogP contribution >= 0.6 is 34.2 Å². The largest absolute Gasteiger partial charge is 0.377 e. The van der Waals surface area contributed by atoms with E-state index in [1.807, 2.05) is 24.3 Å². The van der Waals surface area contributed by atoms with Gasteiger partial charge in [0, 0.05) is 23.8 Å². The van der Waals surface area contributed by atoms with Crippen molar-refractivity contribution in [2.45, 2.75) is 6.61 Å². The van der Waals surface area contributed by atoms with Crippen LogP contribution in [0, 0.1) is 3.57 Å². The van der Waals surface area contributed by atoms with Crippen LogP contribution in [0.4, 0.5) is 17.3 Å². The Balaban J connectivity index is 2.29. The minimum absolute atomic E-state index is 0.352. The molecule has 20 heavy (non-hydrogen) atoms. The molecule has 2 N–H and O–H groups in total. The highest BCUT2D eigenvalue weighted by Gasteiger charge is 2.06. The van der Waals surface area contributed by atoms with Gasteiger partial charge in [0.05, 0.1) is 10.7 Å². The van der Waals surface area contributed by atoms with Gasteiger partial charge in [-0.25, -0.2) is 9.97 Å². The van der Waals surface area contributed by atoms with E-state index < -0.39 is 0 Å². The minimum Gasteiger partial charge on any atom is -0.377 e. The van der Waals surface area contributed by atoms with E-state index in [1.54, 1.807) is 14.2 Å². The predicted octanol–water partition coefficient (Wildman–Crippen LogP) is 3.67. The molecular formula is C13H14ClIN4O. The lowest BCUT2D eigenvalue weighted by molar-refractivity contribution is 0.178. The van der Waals surface area contributed by atoms with Crippen LogP contribution in [0.2, 0.25) is 5.02 Å². The van der Waals surface area contributed by atoms with Crippen molar-refractivity contribution in [3.05, 3.63) is 38.7 Å². The lowest BCUT2D eigenvalue weighted by Gasteiger charge is -2.11. The number of halogens is 2. The summed E-state index contributed by atoms with van der Waals surface area (Å²) in [4.78, 5) is 8.68. The van der Waals surface area contributed by atoms with Gasteiger partial charge in [-0.3, -0.25) is 0 Å². The number of ether oxygens (including phenoxy) is 1. The van der Waals surface area contributed by atoms with E-state index in [-0.39, 0.29) is 0 Å². The maximum atomic E-state index is 6.20. The molecule has 0 amide bonds. The average Bonchev–Trinajstić information content (AvgIpc) is 2.42. The fourth-order valence-electron chi connectivity index (χ4n) is 1.61. The topological polar surface area (TPSA) is 59.1 Å². The maximum absolute atomic E-state index is 6.20. The van der Waals surface area contributed by atoms with E-state index in [4.69, 9.17) is 16.3 Å². The Morgan fingerprint density at radius 1 is 1.25 bits per heavy atom. The van der Waals surface area contributed by atoms with Gasteiger partial charge in [-0.05, 0) is 40.8 Å². The molecule has 0 saturated heterocycles. The third-order valence-electron chi connectivity index (χ3n) is 2.50. The van der Waals surface area contributed by atoms with E-state index in [1.165, 1.54) is 0 Å². The Hall–Kier alpha value is -1.12. The van der Waals surface area contributed by atoms with E-state index in [9.17, 15) is 0 Å². The molecule has 0 bridgehead atoms. The molecule has 2 aromatic rings. The van der Waals surface area contributed by atoms with Crippen LogP contribution in [-0.4, -0.2) is 24.1 Å². The molecule has 1 aromatic carbocycles. The summed E-state index contributed by atoms with van der Waals surface area (Å²) in [5.74, 6) is 1.99. The van der Waals surface area contributed by atoms with Crippen LogP contribution in [0.15, 0.2) is 24.3 Å². The van der Waals surface area contributed by atoms with Gasteiger partial charge in [0.1, 0.15) is 18.2 Å². The summed E-state index contributed by atoms with van der Waals surface area (Å²) >= 11 is 8.42. The van der Waals surface area contributed by atoms with Gasteiger partial charge in [-0.15, -0.1) is 0 Å². The molecule has 0 spiro atoms. The summed E-state index contributed by atoms with van der Waals surface area (Å²) in [5.41, 5.74) is 0.802. The quantitative estimate of drug-likeness (QED) is 0.745. The van der Waals surface area contributed by atoms with Crippen molar-refractivity contribution < 1.29 is 4.74 Å². The molecule has 5 nitrogen and oxygen atoms in total. The van der Waals surface area contributed by atoms with Crippen LogP contribution in [-0.2, 0) is 11.3 Å². The lowest BCUT2D eigenvalue weighted by Crippen LogP contribution is -2.05. The maximum Gasteiger partial charge on any atom is 0.158 e. The Morgan fingerprint density at radius 2 is 2.00 bits per heavy atom. The third kappa shape index (κ3) is 3.94. The number of nitrogens with zero attached hydrogens (tertiary/aromatic N) is 2. The monoisotopic (exact) mass is 404 g/mol.